The Kier molecular flexibility index (Phi) is 3.48. The van der Waals surface area contributed by atoms with Crippen LogP contribution in [0.5, 0.6) is 0 Å². The number of H-pyrrole nitrogens is 1. The summed E-state index contributed by atoms with van der Waals surface area (Å²) in [5, 5.41) is 4.64. The van der Waals surface area contributed by atoms with Gasteiger partial charge in [0.15, 0.2) is 5.54 Å². The summed E-state index contributed by atoms with van der Waals surface area (Å²) in [6.45, 7) is 0.661. The van der Waals surface area contributed by atoms with E-state index in [2.05, 4.69) is 45.0 Å². The number of aliphatic imine (C=N–C) groups is 1. The number of halogens is 1. The van der Waals surface area contributed by atoms with E-state index < -0.39 is 5.54 Å². The van der Waals surface area contributed by atoms with Crippen molar-refractivity contribution in [2.24, 2.45) is 4.99 Å². The lowest BCUT2D eigenvalue weighted by molar-refractivity contribution is -0.145. The number of para-hydroxylation sites is 1. The van der Waals surface area contributed by atoms with E-state index in [0.717, 1.165) is 32.5 Å². The molecule has 0 amide bonds. The number of hydrogen-bond donors (Lipinski definition) is 2. The van der Waals surface area contributed by atoms with Gasteiger partial charge in [-0.3, -0.25) is 5.32 Å². The number of aromatic nitrogens is 1. The SMILES string of the molecule is COC(=O)C12NCCc3c([nH]c4ccccc34)C1=Nc1ccc(I)cc12. The molecule has 0 saturated heterocycles. The third-order valence-electron chi connectivity index (χ3n) is 5.26. The quantitative estimate of drug-likeness (QED) is 0.435. The summed E-state index contributed by atoms with van der Waals surface area (Å²) < 4.78 is 6.30. The van der Waals surface area contributed by atoms with Crippen LogP contribution in [-0.2, 0) is 21.5 Å². The van der Waals surface area contributed by atoms with E-state index >= 15 is 0 Å². The molecular weight excluding hydrogens is 441 g/mol. The number of carbonyl (C=O) groups excluding carboxylic acids is 1. The summed E-state index contributed by atoms with van der Waals surface area (Å²) in [6, 6.07) is 14.2. The van der Waals surface area contributed by atoms with E-state index in [4.69, 9.17) is 9.73 Å². The topological polar surface area (TPSA) is 66.5 Å². The van der Waals surface area contributed by atoms with Gasteiger partial charge in [0.05, 0.1) is 18.5 Å². The normalized spacial score (nSPS) is 20.8. The fourth-order valence-corrected chi connectivity index (χ4v) is 4.62. The number of ether oxygens (including phenoxy) is 1. The van der Waals surface area contributed by atoms with E-state index in [1.165, 1.54) is 18.1 Å². The average molecular weight is 457 g/mol. The Morgan fingerprint density at radius 2 is 2.12 bits per heavy atom. The number of rotatable bonds is 1. The summed E-state index contributed by atoms with van der Waals surface area (Å²) in [5.41, 5.74) is 4.48. The highest BCUT2D eigenvalue weighted by Gasteiger charge is 2.53. The molecule has 26 heavy (non-hydrogen) atoms. The monoisotopic (exact) mass is 457 g/mol. The van der Waals surface area contributed by atoms with Crippen LogP contribution in [0.1, 0.15) is 16.8 Å². The minimum absolute atomic E-state index is 0.330. The van der Waals surface area contributed by atoms with Crippen LogP contribution in [0.25, 0.3) is 10.9 Å². The number of hydrogen-bond acceptors (Lipinski definition) is 4. The molecule has 1 aromatic heterocycles. The van der Waals surface area contributed by atoms with Gasteiger partial charge in [0.2, 0.25) is 0 Å². The Morgan fingerprint density at radius 1 is 1.27 bits per heavy atom. The first-order valence-electron chi connectivity index (χ1n) is 8.48. The molecule has 0 bridgehead atoms. The van der Waals surface area contributed by atoms with E-state index in [9.17, 15) is 4.79 Å². The molecule has 6 heteroatoms. The summed E-state index contributed by atoms with van der Waals surface area (Å²) in [5.74, 6) is -0.330. The van der Waals surface area contributed by atoms with Crippen molar-refractivity contribution in [1.29, 1.82) is 0 Å². The number of fused-ring (bicyclic) bond motifs is 7. The van der Waals surface area contributed by atoms with E-state index in [-0.39, 0.29) is 5.97 Å². The molecule has 0 fully saturated rings. The zero-order valence-corrected chi connectivity index (χ0v) is 16.3. The van der Waals surface area contributed by atoms with Crippen molar-refractivity contribution < 1.29 is 9.53 Å². The molecule has 0 radical (unpaired) electrons. The predicted molar refractivity (Wildman–Crippen MR) is 109 cm³/mol. The van der Waals surface area contributed by atoms with E-state index in [1.807, 2.05) is 30.3 Å². The second-order valence-corrected chi connectivity index (χ2v) is 7.81. The Morgan fingerprint density at radius 3 is 2.96 bits per heavy atom. The minimum atomic E-state index is -1.07. The average Bonchev–Trinajstić information content (AvgIpc) is 3.13. The maximum Gasteiger partial charge on any atom is 0.337 e. The third-order valence-corrected chi connectivity index (χ3v) is 5.93. The van der Waals surface area contributed by atoms with Gasteiger partial charge in [0.1, 0.15) is 5.71 Å². The number of nitrogens with one attached hydrogen (secondary N) is 2. The lowest BCUT2D eigenvalue weighted by Crippen LogP contribution is -2.54. The number of nitrogens with zero attached hydrogens (tertiary/aromatic N) is 1. The number of aromatic amines is 1. The van der Waals surface area contributed by atoms with Gasteiger partial charge in [0.25, 0.3) is 0 Å². The van der Waals surface area contributed by atoms with E-state index in [1.54, 1.807) is 0 Å². The standard InChI is InChI=1S/C20H16IN3O2/c1-26-19(25)20-14-10-11(21)6-7-16(14)24-18(20)17-13(8-9-22-20)12-4-2-3-5-15(12)23-17/h2-7,10,22-23H,8-9H2,1H3. The largest absolute Gasteiger partial charge is 0.467 e. The van der Waals surface area contributed by atoms with Crippen molar-refractivity contribution >= 4 is 50.9 Å². The van der Waals surface area contributed by atoms with Crippen molar-refractivity contribution in [3.8, 4) is 0 Å². The molecule has 0 aliphatic carbocycles. The molecule has 2 aliphatic rings. The Balaban J connectivity index is 1.84. The van der Waals surface area contributed by atoms with Crippen molar-refractivity contribution in [1.82, 2.24) is 10.3 Å². The molecular formula is C20H16IN3O2. The molecule has 1 atom stereocenters. The number of benzene rings is 2. The van der Waals surface area contributed by atoms with Crippen molar-refractivity contribution in [2.45, 2.75) is 12.0 Å². The van der Waals surface area contributed by atoms with Gasteiger partial charge >= 0.3 is 5.97 Å². The van der Waals surface area contributed by atoms with Crippen LogP contribution in [0, 0.1) is 3.57 Å². The van der Waals surface area contributed by atoms with Crippen LogP contribution in [-0.4, -0.2) is 30.3 Å². The summed E-state index contributed by atoms with van der Waals surface area (Å²) in [7, 11) is 1.43. The second kappa shape index (κ2) is 5.65. The third kappa shape index (κ3) is 1.99. The lowest BCUT2D eigenvalue weighted by Gasteiger charge is -2.28. The first-order chi connectivity index (χ1) is 12.6. The summed E-state index contributed by atoms with van der Waals surface area (Å²) in [6.07, 6.45) is 0.816. The summed E-state index contributed by atoms with van der Waals surface area (Å²) in [4.78, 5) is 21.4. The number of esters is 1. The van der Waals surface area contributed by atoms with Gasteiger partial charge in [-0.2, -0.15) is 0 Å². The highest BCUT2D eigenvalue weighted by atomic mass is 127. The van der Waals surface area contributed by atoms with Crippen molar-refractivity contribution in [3.05, 3.63) is 62.9 Å². The molecule has 2 aliphatic heterocycles. The van der Waals surface area contributed by atoms with Gasteiger partial charge < -0.3 is 9.72 Å². The highest BCUT2D eigenvalue weighted by molar-refractivity contribution is 14.1. The first kappa shape index (κ1) is 16.0. The Hall–Kier alpha value is -2.19. The van der Waals surface area contributed by atoms with Gasteiger partial charge in [-0.15, -0.1) is 0 Å². The smallest absolute Gasteiger partial charge is 0.337 e. The summed E-state index contributed by atoms with van der Waals surface area (Å²) >= 11 is 2.26. The van der Waals surface area contributed by atoms with Crippen LogP contribution in [0.15, 0.2) is 47.5 Å². The van der Waals surface area contributed by atoms with Gasteiger partial charge in [-0.1, -0.05) is 18.2 Å². The predicted octanol–water partition coefficient (Wildman–Crippen LogP) is 3.42. The molecule has 0 spiro atoms. The molecule has 130 valence electrons. The molecule has 1 unspecified atom stereocenters. The zero-order chi connectivity index (χ0) is 17.9. The van der Waals surface area contributed by atoms with Crippen LogP contribution < -0.4 is 5.32 Å². The fourth-order valence-electron chi connectivity index (χ4n) is 4.13. The van der Waals surface area contributed by atoms with Crippen LogP contribution >= 0.6 is 22.6 Å². The van der Waals surface area contributed by atoms with Gasteiger partial charge in [-0.25, -0.2) is 9.79 Å². The second-order valence-electron chi connectivity index (χ2n) is 6.56. The van der Waals surface area contributed by atoms with Crippen LogP contribution in [0.3, 0.4) is 0 Å². The molecule has 2 aromatic carbocycles. The molecule has 0 saturated carbocycles. The molecule has 5 nitrogen and oxygen atoms in total. The van der Waals surface area contributed by atoms with Gasteiger partial charge in [0, 0.05) is 26.6 Å². The maximum absolute atomic E-state index is 13.0. The molecule has 3 aromatic rings. The van der Waals surface area contributed by atoms with Crippen molar-refractivity contribution in [3.63, 3.8) is 0 Å². The van der Waals surface area contributed by atoms with E-state index in [0.29, 0.717) is 12.3 Å². The minimum Gasteiger partial charge on any atom is -0.467 e. The maximum atomic E-state index is 13.0. The van der Waals surface area contributed by atoms with Gasteiger partial charge in [-0.05, 0) is 58.8 Å². The lowest BCUT2D eigenvalue weighted by atomic mass is 9.85. The molecule has 3 heterocycles. The number of methoxy groups -OCH3 is 1. The Bertz CT molecular complexity index is 1100. The highest BCUT2D eigenvalue weighted by Crippen LogP contribution is 2.44. The van der Waals surface area contributed by atoms with Crippen LogP contribution in [0.2, 0.25) is 0 Å². The Labute approximate surface area is 164 Å². The fraction of sp³-hybridized carbons (Fsp3) is 0.200. The zero-order valence-electron chi connectivity index (χ0n) is 14.1. The number of carbonyl (C=O) groups is 1. The molecule has 5 rings (SSSR count). The first-order valence-corrected chi connectivity index (χ1v) is 9.55. The van der Waals surface area contributed by atoms with Crippen LogP contribution in [0.4, 0.5) is 5.69 Å². The molecule has 2 N–H and O–H groups in total. The van der Waals surface area contributed by atoms with Crippen molar-refractivity contribution in [2.75, 3.05) is 13.7 Å².